The molecule has 1 amide bonds. The highest BCUT2D eigenvalue weighted by Crippen LogP contribution is 2.29. The maximum absolute atomic E-state index is 12.2. The summed E-state index contributed by atoms with van der Waals surface area (Å²) in [6.07, 6.45) is 0. The average Bonchev–Trinajstić information content (AvgIpc) is 2.59. The highest BCUT2D eigenvalue weighted by atomic mass is 35.5. The second-order valence-corrected chi connectivity index (χ2v) is 6.98. The van der Waals surface area contributed by atoms with Gasteiger partial charge in [0.05, 0.1) is 0 Å². The van der Waals surface area contributed by atoms with Gasteiger partial charge in [-0.05, 0) is 67.6 Å². The van der Waals surface area contributed by atoms with Gasteiger partial charge >= 0.3 is 0 Å². The first-order chi connectivity index (χ1) is 11.6. The quantitative estimate of drug-likeness (QED) is 0.618. The van der Waals surface area contributed by atoms with Crippen LogP contribution in [0.3, 0.4) is 0 Å². The minimum absolute atomic E-state index is 0.104. The average molecular weight is 354 g/mol. The monoisotopic (exact) mass is 353 g/mol. The number of aryl methyl sites for hydroxylation is 1. The lowest BCUT2D eigenvalue weighted by molar-refractivity contribution is 0.102. The predicted octanol–water partition coefficient (Wildman–Crippen LogP) is 6.05. The fraction of sp³-hybridized carbons (Fsp3) is 0.0500. The first-order valence-electron chi connectivity index (χ1n) is 7.52. The van der Waals surface area contributed by atoms with Crippen molar-refractivity contribution in [2.45, 2.75) is 16.7 Å². The summed E-state index contributed by atoms with van der Waals surface area (Å²) >= 11 is 7.54. The van der Waals surface area contributed by atoms with Crippen LogP contribution in [0.25, 0.3) is 0 Å². The van der Waals surface area contributed by atoms with Crippen molar-refractivity contribution in [2.24, 2.45) is 0 Å². The number of rotatable bonds is 4. The van der Waals surface area contributed by atoms with Crippen molar-refractivity contribution in [3.8, 4) is 0 Å². The summed E-state index contributed by atoms with van der Waals surface area (Å²) in [5.41, 5.74) is 2.57. The Hall–Kier alpha value is -2.23. The van der Waals surface area contributed by atoms with Crippen LogP contribution in [0.1, 0.15) is 15.9 Å². The van der Waals surface area contributed by atoms with Crippen LogP contribution in [0, 0.1) is 6.92 Å². The molecule has 0 bridgehead atoms. The van der Waals surface area contributed by atoms with E-state index in [4.69, 9.17) is 11.6 Å². The van der Waals surface area contributed by atoms with Crippen LogP contribution in [0.5, 0.6) is 0 Å². The van der Waals surface area contributed by atoms with Gasteiger partial charge in [-0.15, -0.1) is 0 Å². The molecule has 24 heavy (non-hydrogen) atoms. The summed E-state index contributed by atoms with van der Waals surface area (Å²) in [7, 11) is 0. The van der Waals surface area contributed by atoms with Gasteiger partial charge in [0.15, 0.2) is 0 Å². The second-order valence-electron chi connectivity index (χ2n) is 5.40. The number of hydrogen-bond acceptors (Lipinski definition) is 2. The van der Waals surface area contributed by atoms with Gasteiger partial charge in [-0.2, -0.15) is 0 Å². The first kappa shape index (κ1) is 16.6. The van der Waals surface area contributed by atoms with Gasteiger partial charge in [0, 0.05) is 26.1 Å². The molecule has 0 saturated heterocycles. The predicted molar refractivity (Wildman–Crippen MR) is 101 cm³/mol. The molecule has 0 aliphatic carbocycles. The van der Waals surface area contributed by atoms with Crippen LogP contribution in [0.2, 0.25) is 5.02 Å². The molecule has 0 aliphatic heterocycles. The second kappa shape index (κ2) is 7.56. The summed E-state index contributed by atoms with van der Waals surface area (Å²) in [4.78, 5) is 14.4. The van der Waals surface area contributed by atoms with E-state index in [9.17, 15) is 4.79 Å². The molecule has 3 rings (SSSR count). The Morgan fingerprint density at radius 2 is 1.38 bits per heavy atom. The van der Waals surface area contributed by atoms with Crippen molar-refractivity contribution in [2.75, 3.05) is 5.32 Å². The molecular formula is C20H16ClNOS. The van der Waals surface area contributed by atoms with Gasteiger partial charge in [0.25, 0.3) is 5.91 Å². The lowest BCUT2D eigenvalue weighted by atomic mass is 10.1. The molecule has 0 unspecified atom stereocenters. The van der Waals surface area contributed by atoms with Crippen molar-refractivity contribution in [1.82, 2.24) is 0 Å². The minimum atomic E-state index is -0.104. The lowest BCUT2D eigenvalue weighted by Gasteiger charge is -2.07. The first-order valence-corrected chi connectivity index (χ1v) is 8.71. The molecule has 4 heteroatoms. The van der Waals surface area contributed by atoms with Crippen LogP contribution >= 0.6 is 23.4 Å². The topological polar surface area (TPSA) is 29.1 Å². The number of anilines is 1. The summed E-state index contributed by atoms with van der Waals surface area (Å²) in [5.74, 6) is -0.104. The highest BCUT2D eigenvalue weighted by Gasteiger charge is 2.06. The maximum Gasteiger partial charge on any atom is 0.255 e. The zero-order valence-corrected chi connectivity index (χ0v) is 14.7. The Morgan fingerprint density at radius 1 is 0.833 bits per heavy atom. The smallest absolute Gasteiger partial charge is 0.255 e. The van der Waals surface area contributed by atoms with Gasteiger partial charge in [0.2, 0.25) is 0 Å². The van der Waals surface area contributed by atoms with Gasteiger partial charge in [-0.1, -0.05) is 41.1 Å². The summed E-state index contributed by atoms with van der Waals surface area (Å²) in [6, 6.07) is 23.0. The van der Waals surface area contributed by atoms with Crippen molar-refractivity contribution in [3.63, 3.8) is 0 Å². The van der Waals surface area contributed by atoms with Crippen LogP contribution in [-0.2, 0) is 0 Å². The van der Waals surface area contributed by atoms with Crippen LogP contribution < -0.4 is 5.32 Å². The van der Waals surface area contributed by atoms with Crippen molar-refractivity contribution < 1.29 is 4.79 Å². The van der Waals surface area contributed by atoms with Gasteiger partial charge in [0.1, 0.15) is 0 Å². The molecule has 3 aromatic carbocycles. The third kappa shape index (κ3) is 4.40. The van der Waals surface area contributed by atoms with E-state index in [0.29, 0.717) is 5.56 Å². The molecule has 0 aromatic heterocycles. The molecule has 0 saturated carbocycles. The number of hydrogen-bond donors (Lipinski definition) is 1. The van der Waals surface area contributed by atoms with Gasteiger partial charge < -0.3 is 5.32 Å². The SMILES string of the molecule is Cc1ccc(C(=O)Nc2ccc(Sc3ccc(Cl)cc3)cc2)cc1. The zero-order valence-electron chi connectivity index (χ0n) is 13.1. The molecule has 0 atom stereocenters. The summed E-state index contributed by atoms with van der Waals surface area (Å²) in [6.45, 7) is 2.00. The molecule has 120 valence electrons. The van der Waals surface area contributed by atoms with E-state index >= 15 is 0 Å². The van der Waals surface area contributed by atoms with E-state index in [1.165, 1.54) is 0 Å². The summed E-state index contributed by atoms with van der Waals surface area (Å²) < 4.78 is 0. The number of carbonyl (C=O) groups excluding carboxylic acids is 1. The highest BCUT2D eigenvalue weighted by molar-refractivity contribution is 7.99. The Morgan fingerprint density at radius 3 is 1.96 bits per heavy atom. The fourth-order valence-corrected chi connectivity index (χ4v) is 3.10. The molecule has 0 fully saturated rings. The molecule has 0 spiro atoms. The van der Waals surface area contributed by atoms with Crippen molar-refractivity contribution in [1.29, 1.82) is 0 Å². The van der Waals surface area contributed by atoms with E-state index in [0.717, 1.165) is 26.1 Å². The lowest BCUT2D eigenvalue weighted by Crippen LogP contribution is -2.11. The Balaban J connectivity index is 1.64. The molecule has 0 aliphatic rings. The Labute approximate surface area is 150 Å². The molecule has 0 radical (unpaired) electrons. The molecule has 2 nitrogen and oxygen atoms in total. The van der Waals surface area contributed by atoms with E-state index in [1.54, 1.807) is 11.8 Å². The van der Waals surface area contributed by atoms with E-state index < -0.39 is 0 Å². The van der Waals surface area contributed by atoms with Crippen LogP contribution in [0.4, 0.5) is 5.69 Å². The maximum atomic E-state index is 12.2. The normalized spacial score (nSPS) is 10.4. The molecule has 3 aromatic rings. The summed E-state index contributed by atoms with van der Waals surface area (Å²) in [5, 5.41) is 3.64. The van der Waals surface area contributed by atoms with Crippen molar-refractivity contribution in [3.05, 3.63) is 88.9 Å². The molecule has 0 heterocycles. The number of halogens is 1. The minimum Gasteiger partial charge on any atom is -0.322 e. The number of nitrogens with one attached hydrogen (secondary N) is 1. The fourth-order valence-electron chi connectivity index (χ4n) is 2.15. The van der Waals surface area contributed by atoms with Crippen LogP contribution in [-0.4, -0.2) is 5.91 Å². The molecular weight excluding hydrogens is 338 g/mol. The molecule has 1 N–H and O–H groups in total. The Kier molecular flexibility index (Phi) is 5.24. The number of carbonyl (C=O) groups is 1. The standard InChI is InChI=1S/C20H16ClNOS/c1-14-2-4-15(5-3-14)20(23)22-17-8-12-19(13-9-17)24-18-10-6-16(21)7-11-18/h2-13H,1H3,(H,22,23). The van der Waals surface area contributed by atoms with E-state index in [-0.39, 0.29) is 5.91 Å². The van der Waals surface area contributed by atoms with E-state index in [2.05, 4.69) is 5.32 Å². The largest absolute Gasteiger partial charge is 0.322 e. The Bertz CT molecular complexity index is 827. The zero-order chi connectivity index (χ0) is 16.9. The third-order valence-corrected chi connectivity index (χ3v) is 4.74. The van der Waals surface area contributed by atoms with Crippen molar-refractivity contribution >= 4 is 35.0 Å². The third-order valence-electron chi connectivity index (χ3n) is 3.48. The van der Waals surface area contributed by atoms with E-state index in [1.807, 2.05) is 79.7 Å². The van der Waals surface area contributed by atoms with Gasteiger partial charge in [-0.3, -0.25) is 4.79 Å². The van der Waals surface area contributed by atoms with Gasteiger partial charge in [-0.25, -0.2) is 0 Å². The number of amides is 1. The number of benzene rings is 3. The van der Waals surface area contributed by atoms with Crippen LogP contribution in [0.15, 0.2) is 82.6 Å².